The van der Waals surface area contributed by atoms with Crippen molar-refractivity contribution in [1.29, 1.82) is 0 Å². The van der Waals surface area contributed by atoms with Gasteiger partial charge in [-0.2, -0.15) is 5.10 Å². The van der Waals surface area contributed by atoms with Gasteiger partial charge in [-0.3, -0.25) is 4.68 Å². The predicted octanol–water partition coefficient (Wildman–Crippen LogP) is 3.50. The molecule has 1 unspecified atom stereocenters. The van der Waals surface area contributed by atoms with E-state index in [1.54, 1.807) is 0 Å². The third-order valence-electron chi connectivity index (χ3n) is 3.32. The van der Waals surface area contributed by atoms with Crippen LogP contribution in [0.1, 0.15) is 33.2 Å². The van der Waals surface area contributed by atoms with Crippen LogP contribution < -0.4 is 5.32 Å². The van der Waals surface area contributed by atoms with E-state index in [1.165, 1.54) is 11.1 Å². The highest BCUT2D eigenvalue weighted by atomic mass is 15.3. The summed E-state index contributed by atoms with van der Waals surface area (Å²) in [5.74, 6) is 0. The molecule has 1 heterocycles. The van der Waals surface area contributed by atoms with E-state index in [1.807, 2.05) is 12.3 Å². The smallest absolute Gasteiger partial charge is 0.0641 e. The number of nitrogens with one attached hydrogen (secondary N) is 1. The van der Waals surface area contributed by atoms with Gasteiger partial charge in [-0.1, -0.05) is 51.1 Å². The first kappa shape index (κ1) is 13.8. The van der Waals surface area contributed by atoms with E-state index in [0.29, 0.717) is 12.1 Å². The summed E-state index contributed by atoms with van der Waals surface area (Å²) in [6.07, 6.45) is 5.18. The van der Waals surface area contributed by atoms with Crippen LogP contribution in [0.3, 0.4) is 0 Å². The second kappa shape index (κ2) is 6.53. The summed E-state index contributed by atoms with van der Waals surface area (Å²) in [5, 5.41) is 8.00. The van der Waals surface area contributed by atoms with Gasteiger partial charge < -0.3 is 5.32 Å². The molecule has 0 fully saturated rings. The molecule has 0 radical (unpaired) electrons. The van der Waals surface area contributed by atoms with Gasteiger partial charge in [0.25, 0.3) is 0 Å². The fourth-order valence-electron chi connectivity index (χ4n) is 2.11. The number of hydrogen-bond donors (Lipinski definition) is 1. The maximum absolute atomic E-state index is 4.52. The minimum Gasteiger partial charge on any atom is -0.312 e. The Hall–Kier alpha value is -1.61. The molecule has 3 heteroatoms. The van der Waals surface area contributed by atoms with Crippen LogP contribution in [0.5, 0.6) is 0 Å². The molecule has 1 aromatic carbocycles. The van der Waals surface area contributed by atoms with Crippen LogP contribution in [0.4, 0.5) is 0 Å². The van der Waals surface area contributed by atoms with Gasteiger partial charge in [0.05, 0.1) is 12.2 Å². The molecule has 2 rings (SSSR count). The number of benzene rings is 1. The van der Waals surface area contributed by atoms with Crippen LogP contribution in [0.15, 0.2) is 42.7 Å². The zero-order chi connectivity index (χ0) is 13.7. The normalized spacial score (nSPS) is 12.8. The Morgan fingerprint density at radius 2 is 1.89 bits per heavy atom. The third kappa shape index (κ3) is 3.67. The maximum atomic E-state index is 4.52. The van der Waals surface area contributed by atoms with Crippen LogP contribution in [0.2, 0.25) is 0 Å². The Morgan fingerprint density at radius 3 is 2.53 bits per heavy atom. The Balaban J connectivity index is 2.11. The highest BCUT2D eigenvalue weighted by Crippen LogP contribution is 2.20. The van der Waals surface area contributed by atoms with Gasteiger partial charge in [0.2, 0.25) is 0 Å². The number of rotatable bonds is 6. The van der Waals surface area contributed by atoms with E-state index < -0.39 is 0 Å². The van der Waals surface area contributed by atoms with Crippen LogP contribution in [0, 0.1) is 0 Å². The lowest BCUT2D eigenvalue weighted by Gasteiger charge is -2.18. The topological polar surface area (TPSA) is 29.9 Å². The molecule has 2 aromatic rings. The van der Waals surface area contributed by atoms with E-state index in [-0.39, 0.29) is 0 Å². The molecule has 0 saturated heterocycles. The minimum atomic E-state index is 0.417. The molecule has 1 atom stereocenters. The predicted molar refractivity (Wildman–Crippen MR) is 80.1 cm³/mol. The summed E-state index contributed by atoms with van der Waals surface area (Å²) in [6.45, 7) is 7.51. The van der Waals surface area contributed by atoms with Crippen LogP contribution in [-0.4, -0.2) is 22.4 Å². The Labute approximate surface area is 115 Å². The highest BCUT2D eigenvalue weighted by molar-refractivity contribution is 5.61. The molecular formula is C16H23N3. The van der Waals surface area contributed by atoms with Gasteiger partial charge in [-0.15, -0.1) is 0 Å². The van der Waals surface area contributed by atoms with Crippen LogP contribution >= 0.6 is 0 Å². The van der Waals surface area contributed by atoms with Crippen molar-refractivity contribution in [3.05, 3.63) is 42.7 Å². The molecule has 0 amide bonds. The van der Waals surface area contributed by atoms with Crippen molar-refractivity contribution in [2.24, 2.45) is 0 Å². The van der Waals surface area contributed by atoms with Gasteiger partial charge in [0.1, 0.15) is 0 Å². The molecule has 0 aliphatic carbocycles. The van der Waals surface area contributed by atoms with Gasteiger partial charge in [0, 0.05) is 24.3 Å². The number of hydrogen-bond acceptors (Lipinski definition) is 2. The van der Waals surface area contributed by atoms with Crippen molar-refractivity contribution in [3.63, 3.8) is 0 Å². The van der Waals surface area contributed by atoms with Crippen molar-refractivity contribution in [2.75, 3.05) is 6.54 Å². The molecule has 102 valence electrons. The first-order valence-electron chi connectivity index (χ1n) is 7.03. The van der Waals surface area contributed by atoms with Gasteiger partial charge in [-0.05, 0) is 12.0 Å². The van der Waals surface area contributed by atoms with E-state index in [2.05, 4.69) is 66.3 Å². The number of aromatic nitrogens is 2. The molecule has 0 aliphatic heterocycles. The lowest BCUT2D eigenvalue weighted by atomic mass is 10.1. The molecule has 19 heavy (non-hydrogen) atoms. The Morgan fingerprint density at radius 1 is 1.16 bits per heavy atom. The second-order valence-electron chi connectivity index (χ2n) is 5.20. The van der Waals surface area contributed by atoms with Crippen molar-refractivity contribution in [1.82, 2.24) is 15.1 Å². The maximum Gasteiger partial charge on any atom is 0.0641 e. The van der Waals surface area contributed by atoms with Crippen LogP contribution in [-0.2, 0) is 0 Å². The first-order chi connectivity index (χ1) is 9.20. The van der Waals surface area contributed by atoms with E-state index in [4.69, 9.17) is 0 Å². The molecule has 1 aromatic heterocycles. The minimum absolute atomic E-state index is 0.417. The molecule has 0 saturated carbocycles. The van der Waals surface area contributed by atoms with Crippen molar-refractivity contribution in [3.8, 4) is 11.1 Å². The summed E-state index contributed by atoms with van der Waals surface area (Å²) >= 11 is 0. The molecule has 0 aliphatic rings. The summed E-state index contributed by atoms with van der Waals surface area (Å²) < 4.78 is 2.08. The van der Waals surface area contributed by atoms with Gasteiger partial charge in [-0.25, -0.2) is 0 Å². The molecule has 1 N–H and O–H groups in total. The van der Waals surface area contributed by atoms with Crippen molar-refractivity contribution >= 4 is 0 Å². The Kier molecular flexibility index (Phi) is 4.74. The number of nitrogens with zero attached hydrogens (tertiary/aromatic N) is 2. The van der Waals surface area contributed by atoms with Crippen molar-refractivity contribution < 1.29 is 0 Å². The zero-order valence-electron chi connectivity index (χ0n) is 12.0. The molecule has 0 spiro atoms. The zero-order valence-corrected chi connectivity index (χ0v) is 12.0. The van der Waals surface area contributed by atoms with Crippen molar-refractivity contribution in [2.45, 2.75) is 39.3 Å². The quantitative estimate of drug-likeness (QED) is 0.858. The standard InChI is InChI=1S/C16H23N3/c1-4-16(11-17-13(2)3)19-12-15(10-18-19)14-8-6-5-7-9-14/h5-10,12-13,16-17H,4,11H2,1-3H3. The summed E-state index contributed by atoms with van der Waals surface area (Å²) in [6, 6.07) is 11.3. The summed E-state index contributed by atoms with van der Waals surface area (Å²) in [7, 11) is 0. The third-order valence-corrected chi connectivity index (χ3v) is 3.32. The van der Waals surface area contributed by atoms with E-state index >= 15 is 0 Å². The average Bonchev–Trinajstić information content (AvgIpc) is 2.90. The Bertz CT molecular complexity index is 488. The van der Waals surface area contributed by atoms with E-state index in [9.17, 15) is 0 Å². The second-order valence-corrected chi connectivity index (χ2v) is 5.20. The fraction of sp³-hybridized carbons (Fsp3) is 0.438. The molecular weight excluding hydrogens is 234 g/mol. The molecule has 0 bridgehead atoms. The van der Waals surface area contributed by atoms with Crippen LogP contribution in [0.25, 0.3) is 11.1 Å². The average molecular weight is 257 g/mol. The lowest BCUT2D eigenvalue weighted by molar-refractivity contribution is 0.396. The van der Waals surface area contributed by atoms with E-state index in [0.717, 1.165) is 13.0 Å². The largest absolute Gasteiger partial charge is 0.312 e. The molecule has 3 nitrogen and oxygen atoms in total. The SMILES string of the molecule is CCC(CNC(C)C)n1cc(-c2ccccc2)cn1. The van der Waals surface area contributed by atoms with Gasteiger partial charge in [0.15, 0.2) is 0 Å². The summed E-state index contributed by atoms with van der Waals surface area (Å²) in [4.78, 5) is 0. The fourth-order valence-corrected chi connectivity index (χ4v) is 2.11. The highest BCUT2D eigenvalue weighted by Gasteiger charge is 2.11. The monoisotopic (exact) mass is 257 g/mol. The lowest BCUT2D eigenvalue weighted by Crippen LogP contribution is -2.30. The first-order valence-corrected chi connectivity index (χ1v) is 7.03. The summed E-state index contributed by atoms with van der Waals surface area (Å²) in [5.41, 5.74) is 2.41. The van der Waals surface area contributed by atoms with Gasteiger partial charge >= 0.3 is 0 Å².